The molecule has 0 unspecified atom stereocenters. The lowest BCUT2D eigenvalue weighted by Gasteiger charge is -2.43. The molecule has 0 radical (unpaired) electrons. The highest BCUT2D eigenvalue weighted by Gasteiger charge is 2.34. The number of amides is 1. The number of nitrogens with zero attached hydrogens (tertiary/aromatic N) is 4. The van der Waals surface area contributed by atoms with E-state index < -0.39 is 0 Å². The zero-order chi connectivity index (χ0) is 19.3. The molecule has 0 aromatic heterocycles. The van der Waals surface area contributed by atoms with Gasteiger partial charge in [-0.2, -0.15) is 0 Å². The van der Waals surface area contributed by atoms with Gasteiger partial charge in [-0.3, -0.25) is 14.6 Å². The van der Waals surface area contributed by atoms with E-state index in [0.29, 0.717) is 26.4 Å². The van der Waals surface area contributed by atoms with Gasteiger partial charge >= 0.3 is 0 Å². The van der Waals surface area contributed by atoms with E-state index in [4.69, 9.17) is 4.74 Å². The fourth-order valence-corrected chi connectivity index (χ4v) is 4.02. The van der Waals surface area contributed by atoms with Crippen molar-refractivity contribution >= 4 is 5.91 Å². The van der Waals surface area contributed by atoms with Crippen LogP contribution in [0.3, 0.4) is 0 Å². The lowest BCUT2D eigenvalue weighted by Crippen LogP contribution is -2.54. The molecule has 1 aromatic carbocycles. The summed E-state index contributed by atoms with van der Waals surface area (Å²) in [5.74, 6) is 6.66. The molecule has 0 saturated carbocycles. The maximum atomic E-state index is 13.1. The number of carbonyl (C=O) groups excluding carboxylic acids is 1. The fourth-order valence-electron chi connectivity index (χ4n) is 4.02. The van der Waals surface area contributed by atoms with Gasteiger partial charge < -0.3 is 14.5 Å². The third kappa shape index (κ3) is 4.39. The van der Waals surface area contributed by atoms with Gasteiger partial charge in [-0.15, -0.1) is 0 Å². The molecular weight excluding hydrogens is 352 g/mol. The SMILES string of the molecule is CN1CN(CN2CCOCC2)C(=O)C2=C1CCN(CC#Cc1ccccc1)C2. The molecule has 148 valence electrons. The van der Waals surface area contributed by atoms with Crippen molar-refractivity contribution in [1.82, 2.24) is 19.6 Å². The van der Waals surface area contributed by atoms with Crippen LogP contribution in [-0.2, 0) is 9.53 Å². The molecule has 1 amide bonds. The van der Waals surface area contributed by atoms with Crippen molar-refractivity contribution in [3.63, 3.8) is 0 Å². The standard InChI is InChI=1S/C22H28N4O2/c1-23-17-26(18-25-12-14-28-15-13-25)22(27)20-16-24(11-9-21(20)23)10-5-8-19-6-3-2-4-7-19/h2-4,6-7H,9-18H2,1H3. The van der Waals surface area contributed by atoms with Crippen molar-refractivity contribution in [2.45, 2.75) is 6.42 Å². The summed E-state index contributed by atoms with van der Waals surface area (Å²) in [6, 6.07) is 10.0. The Labute approximate surface area is 167 Å². The predicted molar refractivity (Wildman–Crippen MR) is 108 cm³/mol. The van der Waals surface area contributed by atoms with E-state index in [0.717, 1.165) is 50.4 Å². The molecule has 0 spiro atoms. The lowest BCUT2D eigenvalue weighted by atomic mass is 10.0. The number of benzene rings is 1. The molecule has 1 aromatic rings. The molecule has 0 bridgehead atoms. The van der Waals surface area contributed by atoms with Gasteiger partial charge in [0.25, 0.3) is 5.91 Å². The maximum absolute atomic E-state index is 13.1. The zero-order valence-electron chi connectivity index (χ0n) is 16.6. The van der Waals surface area contributed by atoms with Gasteiger partial charge in [-0.25, -0.2) is 0 Å². The van der Waals surface area contributed by atoms with Gasteiger partial charge in [0.15, 0.2) is 0 Å². The Bertz CT molecular complexity index is 790. The van der Waals surface area contributed by atoms with Crippen LogP contribution in [0.2, 0.25) is 0 Å². The van der Waals surface area contributed by atoms with Crippen molar-refractivity contribution in [2.75, 3.05) is 66.3 Å². The normalized spacial score (nSPS) is 21.4. The summed E-state index contributed by atoms with van der Waals surface area (Å²) in [7, 11) is 2.10. The monoisotopic (exact) mass is 380 g/mol. The molecule has 3 aliphatic rings. The molecule has 3 aliphatic heterocycles. The Morgan fingerprint density at radius 1 is 1.07 bits per heavy atom. The largest absolute Gasteiger partial charge is 0.379 e. The molecule has 6 heteroatoms. The molecule has 0 atom stereocenters. The van der Waals surface area contributed by atoms with Crippen LogP contribution in [0.5, 0.6) is 0 Å². The average molecular weight is 380 g/mol. The van der Waals surface area contributed by atoms with E-state index in [1.54, 1.807) is 0 Å². The Kier molecular flexibility index (Phi) is 5.96. The van der Waals surface area contributed by atoms with Crippen molar-refractivity contribution in [3.8, 4) is 11.8 Å². The number of morpholine rings is 1. The van der Waals surface area contributed by atoms with E-state index in [1.807, 2.05) is 35.2 Å². The first-order valence-electron chi connectivity index (χ1n) is 9.99. The van der Waals surface area contributed by atoms with E-state index in [-0.39, 0.29) is 5.91 Å². The Hall–Kier alpha value is -2.33. The minimum absolute atomic E-state index is 0.181. The molecule has 6 nitrogen and oxygen atoms in total. The van der Waals surface area contributed by atoms with Crippen LogP contribution >= 0.6 is 0 Å². The van der Waals surface area contributed by atoms with Crippen molar-refractivity contribution in [2.24, 2.45) is 0 Å². The molecule has 0 N–H and O–H groups in total. The maximum Gasteiger partial charge on any atom is 0.255 e. The second-order valence-corrected chi connectivity index (χ2v) is 7.61. The lowest BCUT2D eigenvalue weighted by molar-refractivity contribution is -0.134. The highest BCUT2D eigenvalue weighted by Crippen LogP contribution is 2.26. The fraction of sp³-hybridized carbons (Fsp3) is 0.500. The second-order valence-electron chi connectivity index (χ2n) is 7.61. The molecular formula is C22H28N4O2. The van der Waals surface area contributed by atoms with Crippen LogP contribution in [0.1, 0.15) is 12.0 Å². The molecule has 1 fully saturated rings. The van der Waals surface area contributed by atoms with Crippen LogP contribution in [0.4, 0.5) is 0 Å². The third-order valence-electron chi connectivity index (χ3n) is 5.57. The smallest absolute Gasteiger partial charge is 0.255 e. The van der Waals surface area contributed by atoms with Crippen molar-refractivity contribution in [3.05, 3.63) is 47.2 Å². The van der Waals surface area contributed by atoms with Crippen LogP contribution in [0, 0.1) is 11.8 Å². The summed E-state index contributed by atoms with van der Waals surface area (Å²) in [5, 5.41) is 0. The number of rotatable bonds is 3. The number of hydrogen-bond acceptors (Lipinski definition) is 5. The molecule has 0 aliphatic carbocycles. The Morgan fingerprint density at radius 3 is 2.64 bits per heavy atom. The summed E-state index contributed by atoms with van der Waals surface area (Å²) >= 11 is 0. The van der Waals surface area contributed by atoms with Gasteiger partial charge in [0, 0.05) is 50.9 Å². The zero-order valence-corrected chi connectivity index (χ0v) is 16.6. The van der Waals surface area contributed by atoms with Crippen molar-refractivity contribution in [1.29, 1.82) is 0 Å². The predicted octanol–water partition coefficient (Wildman–Crippen LogP) is 1.02. The molecule has 4 rings (SSSR count). The summed E-state index contributed by atoms with van der Waals surface area (Å²) in [5.41, 5.74) is 3.18. The van der Waals surface area contributed by atoms with Crippen LogP contribution in [0.15, 0.2) is 41.6 Å². The first-order valence-corrected chi connectivity index (χ1v) is 9.99. The summed E-state index contributed by atoms with van der Waals surface area (Å²) < 4.78 is 5.42. The first kappa shape index (κ1) is 19.0. The van der Waals surface area contributed by atoms with Crippen molar-refractivity contribution < 1.29 is 9.53 Å². The van der Waals surface area contributed by atoms with Crippen LogP contribution in [0.25, 0.3) is 0 Å². The highest BCUT2D eigenvalue weighted by molar-refractivity contribution is 5.95. The van der Waals surface area contributed by atoms with E-state index in [1.165, 1.54) is 5.70 Å². The van der Waals surface area contributed by atoms with Crippen LogP contribution < -0.4 is 0 Å². The van der Waals surface area contributed by atoms with E-state index in [2.05, 4.69) is 33.6 Å². The van der Waals surface area contributed by atoms with Crippen LogP contribution in [-0.4, -0.2) is 91.8 Å². The topological polar surface area (TPSA) is 39.3 Å². The van der Waals surface area contributed by atoms with E-state index in [9.17, 15) is 4.79 Å². The quantitative estimate of drug-likeness (QED) is 0.733. The molecule has 1 saturated heterocycles. The first-order chi connectivity index (χ1) is 13.7. The van der Waals surface area contributed by atoms with Gasteiger partial charge in [-0.05, 0) is 12.1 Å². The highest BCUT2D eigenvalue weighted by atomic mass is 16.5. The average Bonchev–Trinajstić information content (AvgIpc) is 2.73. The summed E-state index contributed by atoms with van der Waals surface area (Å²) in [6.45, 7) is 6.94. The van der Waals surface area contributed by atoms with Gasteiger partial charge in [-0.1, -0.05) is 30.0 Å². The summed E-state index contributed by atoms with van der Waals surface area (Å²) in [4.78, 5) is 21.9. The third-order valence-corrected chi connectivity index (χ3v) is 5.57. The van der Waals surface area contributed by atoms with Gasteiger partial charge in [0.1, 0.15) is 0 Å². The minimum atomic E-state index is 0.181. The number of ether oxygens (including phenoxy) is 1. The second kappa shape index (κ2) is 8.78. The Morgan fingerprint density at radius 2 is 1.86 bits per heavy atom. The van der Waals surface area contributed by atoms with Gasteiger partial charge in [0.2, 0.25) is 0 Å². The summed E-state index contributed by atoms with van der Waals surface area (Å²) in [6.07, 6.45) is 0.913. The number of hydrogen-bond donors (Lipinski definition) is 0. The molecule has 3 heterocycles. The Balaban J connectivity index is 1.39. The van der Waals surface area contributed by atoms with Gasteiger partial charge in [0.05, 0.1) is 38.7 Å². The van der Waals surface area contributed by atoms with E-state index >= 15 is 0 Å². The minimum Gasteiger partial charge on any atom is -0.379 e. The number of carbonyl (C=O) groups is 1. The molecule has 28 heavy (non-hydrogen) atoms.